The summed E-state index contributed by atoms with van der Waals surface area (Å²) in [5.41, 5.74) is 0.724. The molecule has 0 aliphatic carbocycles. The van der Waals surface area contributed by atoms with E-state index in [1.54, 1.807) is 0 Å². The molecule has 18 heavy (non-hydrogen) atoms. The summed E-state index contributed by atoms with van der Waals surface area (Å²) < 4.78 is 0. The first-order valence-electron chi connectivity index (χ1n) is 6.65. The maximum Gasteiger partial charge on any atom is 0.305 e. The Morgan fingerprint density at radius 2 is 1.83 bits per heavy atom. The van der Waals surface area contributed by atoms with Crippen LogP contribution in [0.4, 0.5) is 0 Å². The Labute approximate surface area is 108 Å². The molecule has 1 heterocycles. The van der Waals surface area contributed by atoms with Crippen molar-refractivity contribution < 1.29 is 9.90 Å². The van der Waals surface area contributed by atoms with E-state index in [1.165, 1.54) is 19.3 Å². The van der Waals surface area contributed by atoms with Gasteiger partial charge in [-0.3, -0.25) is 9.69 Å². The van der Waals surface area contributed by atoms with E-state index in [0.29, 0.717) is 0 Å². The van der Waals surface area contributed by atoms with Gasteiger partial charge >= 0.3 is 5.97 Å². The van der Waals surface area contributed by atoms with Crippen LogP contribution in [0.25, 0.3) is 0 Å². The standard InChI is InChI=1S/C15H21NO2/c1-15(12-14(17)18,13-8-4-2-5-9-13)16-10-6-3-7-11-16/h2,4-5,8-9H,3,6-7,10-12H2,1H3,(H,17,18). The monoisotopic (exact) mass is 247 g/mol. The van der Waals surface area contributed by atoms with Crippen molar-refractivity contribution in [1.82, 2.24) is 4.90 Å². The van der Waals surface area contributed by atoms with Gasteiger partial charge in [-0.25, -0.2) is 0 Å². The molecule has 2 rings (SSSR count). The van der Waals surface area contributed by atoms with Crippen LogP contribution >= 0.6 is 0 Å². The van der Waals surface area contributed by atoms with Gasteiger partial charge in [-0.2, -0.15) is 0 Å². The van der Waals surface area contributed by atoms with Gasteiger partial charge in [0.05, 0.1) is 12.0 Å². The Bertz CT molecular complexity index is 398. The van der Waals surface area contributed by atoms with E-state index in [-0.39, 0.29) is 12.0 Å². The molecule has 1 unspecified atom stereocenters. The molecule has 3 nitrogen and oxygen atoms in total. The zero-order valence-corrected chi connectivity index (χ0v) is 10.9. The fourth-order valence-corrected chi connectivity index (χ4v) is 2.88. The average Bonchev–Trinajstić information content (AvgIpc) is 2.40. The SMILES string of the molecule is CC(CC(=O)O)(c1ccccc1)N1CCCCC1. The molecule has 0 saturated carbocycles. The lowest BCUT2D eigenvalue weighted by Gasteiger charge is -2.43. The maximum absolute atomic E-state index is 11.2. The molecule has 3 heteroatoms. The third-order valence-corrected chi connectivity index (χ3v) is 3.95. The predicted molar refractivity (Wildman–Crippen MR) is 71.5 cm³/mol. The topological polar surface area (TPSA) is 40.5 Å². The number of hydrogen-bond acceptors (Lipinski definition) is 2. The van der Waals surface area contributed by atoms with Gasteiger partial charge in [-0.15, -0.1) is 0 Å². The molecular formula is C15H21NO2. The highest BCUT2D eigenvalue weighted by Gasteiger charge is 2.36. The van der Waals surface area contributed by atoms with Gasteiger partial charge in [-0.1, -0.05) is 36.8 Å². The summed E-state index contributed by atoms with van der Waals surface area (Å²) in [4.78, 5) is 13.5. The van der Waals surface area contributed by atoms with Crippen LogP contribution in [-0.4, -0.2) is 29.1 Å². The Morgan fingerprint density at radius 3 is 2.39 bits per heavy atom. The molecule has 0 amide bonds. The first-order chi connectivity index (χ1) is 8.63. The minimum Gasteiger partial charge on any atom is -0.481 e. The summed E-state index contributed by atoms with van der Waals surface area (Å²) in [5, 5.41) is 9.21. The summed E-state index contributed by atoms with van der Waals surface area (Å²) in [5.74, 6) is -0.730. The highest BCUT2D eigenvalue weighted by molar-refractivity contribution is 5.68. The average molecular weight is 247 g/mol. The highest BCUT2D eigenvalue weighted by Crippen LogP contribution is 2.34. The minimum absolute atomic E-state index is 0.164. The van der Waals surface area contributed by atoms with Crippen molar-refractivity contribution in [3.05, 3.63) is 35.9 Å². The molecule has 1 atom stereocenters. The van der Waals surface area contributed by atoms with Gasteiger partial charge in [0, 0.05) is 0 Å². The number of likely N-dealkylation sites (tertiary alicyclic amines) is 1. The van der Waals surface area contributed by atoms with Gasteiger partial charge in [0.15, 0.2) is 0 Å². The molecule has 1 aromatic rings. The molecule has 1 aliphatic rings. The Morgan fingerprint density at radius 1 is 1.22 bits per heavy atom. The Balaban J connectivity index is 2.30. The first-order valence-corrected chi connectivity index (χ1v) is 6.65. The highest BCUT2D eigenvalue weighted by atomic mass is 16.4. The fraction of sp³-hybridized carbons (Fsp3) is 0.533. The second kappa shape index (κ2) is 5.53. The molecular weight excluding hydrogens is 226 g/mol. The van der Waals surface area contributed by atoms with Crippen molar-refractivity contribution in [2.75, 3.05) is 13.1 Å². The maximum atomic E-state index is 11.2. The number of benzene rings is 1. The van der Waals surface area contributed by atoms with Gasteiger partial charge in [0.2, 0.25) is 0 Å². The molecule has 1 aliphatic heterocycles. The quantitative estimate of drug-likeness (QED) is 0.889. The number of hydrogen-bond donors (Lipinski definition) is 1. The summed E-state index contributed by atoms with van der Waals surface area (Å²) in [7, 11) is 0. The first kappa shape index (κ1) is 13.1. The largest absolute Gasteiger partial charge is 0.481 e. The molecule has 0 aromatic heterocycles. The lowest BCUT2D eigenvalue weighted by Crippen LogP contribution is -2.47. The summed E-state index contributed by atoms with van der Waals surface area (Å²) in [6.07, 6.45) is 3.76. The van der Waals surface area contributed by atoms with Crippen molar-refractivity contribution in [3.8, 4) is 0 Å². The van der Waals surface area contributed by atoms with E-state index < -0.39 is 5.97 Å². The zero-order valence-electron chi connectivity index (χ0n) is 10.9. The number of carboxylic acids is 1. The molecule has 0 bridgehead atoms. The number of nitrogens with zero attached hydrogens (tertiary/aromatic N) is 1. The van der Waals surface area contributed by atoms with E-state index in [2.05, 4.69) is 11.8 Å². The third-order valence-electron chi connectivity index (χ3n) is 3.95. The van der Waals surface area contributed by atoms with Crippen molar-refractivity contribution in [2.45, 2.75) is 38.1 Å². The number of piperidine rings is 1. The number of carbonyl (C=O) groups is 1. The van der Waals surface area contributed by atoms with E-state index in [0.717, 1.165) is 18.7 Å². The van der Waals surface area contributed by atoms with Crippen molar-refractivity contribution >= 4 is 5.97 Å². The lowest BCUT2D eigenvalue weighted by atomic mass is 9.85. The van der Waals surface area contributed by atoms with E-state index >= 15 is 0 Å². The van der Waals surface area contributed by atoms with Crippen LogP contribution in [0.1, 0.15) is 38.2 Å². The van der Waals surface area contributed by atoms with Gasteiger partial charge < -0.3 is 5.11 Å². The zero-order chi connectivity index (χ0) is 13.0. The second-order valence-electron chi connectivity index (χ2n) is 5.26. The lowest BCUT2D eigenvalue weighted by molar-refractivity contribution is -0.140. The summed E-state index contributed by atoms with van der Waals surface area (Å²) >= 11 is 0. The van der Waals surface area contributed by atoms with E-state index in [9.17, 15) is 9.90 Å². The predicted octanol–water partition coefficient (Wildman–Crippen LogP) is 2.86. The van der Waals surface area contributed by atoms with Crippen LogP contribution in [-0.2, 0) is 10.3 Å². The molecule has 0 spiro atoms. The number of rotatable bonds is 4. The summed E-state index contributed by atoms with van der Waals surface area (Å²) in [6, 6.07) is 10.0. The van der Waals surface area contributed by atoms with Crippen LogP contribution in [0.2, 0.25) is 0 Å². The molecule has 0 radical (unpaired) electrons. The normalized spacial score (nSPS) is 20.3. The molecule has 98 valence electrons. The third kappa shape index (κ3) is 2.72. The van der Waals surface area contributed by atoms with E-state index in [1.807, 2.05) is 30.3 Å². The van der Waals surface area contributed by atoms with Gasteiger partial charge in [0.25, 0.3) is 0 Å². The van der Waals surface area contributed by atoms with Crippen LogP contribution in [0, 0.1) is 0 Å². The number of carboxylic acid groups (broad SMARTS) is 1. The van der Waals surface area contributed by atoms with Crippen molar-refractivity contribution in [2.24, 2.45) is 0 Å². The Hall–Kier alpha value is -1.35. The van der Waals surface area contributed by atoms with Crippen molar-refractivity contribution in [1.29, 1.82) is 0 Å². The summed E-state index contributed by atoms with van der Waals surface area (Å²) in [6.45, 7) is 4.05. The fourth-order valence-electron chi connectivity index (χ4n) is 2.88. The van der Waals surface area contributed by atoms with Crippen LogP contribution in [0.3, 0.4) is 0 Å². The van der Waals surface area contributed by atoms with Gasteiger partial charge in [0.1, 0.15) is 0 Å². The van der Waals surface area contributed by atoms with E-state index in [4.69, 9.17) is 0 Å². The smallest absolute Gasteiger partial charge is 0.305 e. The number of aliphatic carboxylic acids is 1. The van der Waals surface area contributed by atoms with Crippen molar-refractivity contribution in [3.63, 3.8) is 0 Å². The molecule has 1 N–H and O–H groups in total. The second-order valence-corrected chi connectivity index (χ2v) is 5.26. The van der Waals surface area contributed by atoms with Crippen LogP contribution < -0.4 is 0 Å². The molecule has 1 fully saturated rings. The molecule has 1 aromatic carbocycles. The Kier molecular flexibility index (Phi) is 4.02. The molecule has 1 saturated heterocycles. The van der Waals surface area contributed by atoms with Gasteiger partial charge in [-0.05, 0) is 38.4 Å². The minimum atomic E-state index is -0.730. The van der Waals surface area contributed by atoms with Crippen LogP contribution in [0.15, 0.2) is 30.3 Å². The van der Waals surface area contributed by atoms with Crippen LogP contribution in [0.5, 0.6) is 0 Å².